The van der Waals surface area contributed by atoms with E-state index in [0.717, 1.165) is 42.3 Å². The molecule has 0 fully saturated rings. The van der Waals surface area contributed by atoms with Gasteiger partial charge in [0, 0.05) is 53.7 Å². The molecule has 5 nitrogen and oxygen atoms in total. The molecule has 2 aromatic carbocycles. The maximum atomic E-state index is 12.7. The second-order valence-corrected chi connectivity index (χ2v) is 8.13. The summed E-state index contributed by atoms with van der Waals surface area (Å²) in [5.41, 5.74) is 6.68. The van der Waals surface area contributed by atoms with Crippen molar-refractivity contribution in [2.24, 2.45) is 0 Å². The second-order valence-electron chi connectivity index (χ2n) is 8.13. The average molecular weight is 411 g/mol. The van der Waals surface area contributed by atoms with Crippen LogP contribution >= 0.6 is 0 Å². The highest BCUT2D eigenvalue weighted by Crippen LogP contribution is 2.35. The first-order valence-electron chi connectivity index (χ1n) is 10.9. The largest absolute Gasteiger partial charge is 0.357 e. The van der Waals surface area contributed by atoms with Gasteiger partial charge in [0.2, 0.25) is 0 Å². The second kappa shape index (κ2) is 8.74. The maximum absolute atomic E-state index is 12.7. The molecule has 1 aliphatic rings. The van der Waals surface area contributed by atoms with Crippen LogP contribution in [0.25, 0.3) is 10.9 Å². The first-order chi connectivity index (χ1) is 15.3. The van der Waals surface area contributed by atoms with E-state index in [9.17, 15) is 4.79 Å². The summed E-state index contributed by atoms with van der Waals surface area (Å²) in [6.45, 7) is 1.32. The van der Waals surface area contributed by atoms with Gasteiger partial charge in [-0.2, -0.15) is 0 Å². The number of benzene rings is 2. The quantitative estimate of drug-likeness (QED) is 0.433. The fourth-order valence-corrected chi connectivity index (χ4v) is 4.43. The molecule has 0 saturated heterocycles. The number of rotatable bonds is 6. The number of pyridine rings is 1. The molecule has 1 unspecified atom stereocenters. The molecule has 2 aromatic heterocycles. The zero-order valence-corrected chi connectivity index (χ0v) is 17.4. The van der Waals surface area contributed by atoms with Crippen molar-refractivity contribution < 1.29 is 4.79 Å². The summed E-state index contributed by atoms with van der Waals surface area (Å²) in [6.07, 6.45) is 6.80. The van der Waals surface area contributed by atoms with Gasteiger partial charge in [0.25, 0.3) is 5.91 Å². The number of aromatic nitrogens is 2. The van der Waals surface area contributed by atoms with E-state index in [4.69, 9.17) is 0 Å². The topological polar surface area (TPSA) is 69.8 Å². The molecule has 0 bridgehead atoms. The van der Waals surface area contributed by atoms with Gasteiger partial charge in [-0.25, -0.2) is 0 Å². The third kappa shape index (κ3) is 4.23. The smallest absolute Gasteiger partial charge is 0.251 e. The van der Waals surface area contributed by atoms with Gasteiger partial charge in [0.15, 0.2) is 0 Å². The van der Waals surface area contributed by atoms with Crippen LogP contribution in [0.5, 0.6) is 0 Å². The Kier molecular flexibility index (Phi) is 5.50. The number of nitrogens with zero attached hydrogens (tertiary/aromatic N) is 1. The minimum atomic E-state index is -0.0599. The van der Waals surface area contributed by atoms with Crippen LogP contribution in [0.1, 0.15) is 51.6 Å². The SMILES string of the molecule is O=C(NCc1cccnc1)c1ccc2[nH]c3c(c2c1)CCCC3NCc1ccccc1. The predicted octanol–water partition coefficient (Wildman–Crippen LogP) is 4.66. The predicted molar refractivity (Wildman–Crippen MR) is 123 cm³/mol. The minimum absolute atomic E-state index is 0.0599. The molecular formula is C26H26N4O. The molecule has 1 amide bonds. The van der Waals surface area contributed by atoms with E-state index in [2.05, 4.69) is 44.9 Å². The number of hydrogen-bond donors (Lipinski definition) is 3. The zero-order valence-electron chi connectivity index (χ0n) is 17.4. The molecule has 1 atom stereocenters. The Balaban J connectivity index is 1.34. The molecule has 0 saturated carbocycles. The molecule has 4 aromatic rings. The highest BCUT2D eigenvalue weighted by Gasteiger charge is 2.24. The number of carbonyl (C=O) groups is 1. The zero-order chi connectivity index (χ0) is 21.0. The molecule has 1 aliphatic carbocycles. The maximum Gasteiger partial charge on any atom is 0.251 e. The molecule has 0 spiro atoms. The fraction of sp³-hybridized carbons (Fsp3) is 0.231. The standard InChI is InChI=1S/C26H26N4O/c31-26(29-17-19-8-5-13-27-15-19)20-11-12-23-22(14-20)21-9-4-10-24(25(21)30-23)28-16-18-6-2-1-3-7-18/h1-3,5-8,11-15,24,28,30H,4,9-10,16-17H2,(H,29,31). The normalized spacial score (nSPS) is 15.5. The van der Waals surface area contributed by atoms with Crippen molar-refractivity contribution in [3.8, 4) is 0 Å². The van der Waals surface area contributed by atoms with Crippen LogP contribution in [-0.2, 0) is 19.5 Å². The van der Waals surface area contributed by atoms with Crippen molar-refractivity contribution in [2.45, 2.75) is 38.4 Å². The van der Waals surface area contributed by atoms with Gasteiger partial charge in [-0.3, -0.25) is 9.78 Å². The van der Waals surface area contributed by atoms with E-state index in [1.54, 1.807) is 12.4 Å². The number of carbonyl (C=O) groups excluding carboxylic acids is 1. The highest BCUT2D eigenvalue weighted by molar-refractivity contribution is 5.99. The fourth-order valence-electron chi connectivity index (χ4n) is 4.43. The van der Waals surface area contributed by atoms with Gasteiger partial charge in [-0.05, 0) is 60.2 Å². The summed E-state index contributed by atoms with van der Waals surface area (Å²) in [5.74, 6) is -0.0599. The van der Waals surface area contributed by atoms with Gasteiger partial charge < -0.3 is 15.6 Å². The van der Waals surface area contributed by atoms with Crippen LogP contribution in [0.15, 0.2) is 73.1 Å². The third-order valence-corrected chi connectivity index (χ3v) is 6.04. The molecular weight excluding hydrogens is 384 g/mol. The summed E-state index contributed by atoms with van der Waals surface area (Å²) < 4.78 is 0. The molecule has 156 valence electrons. The summed E-state index contributed by atoms with van der Waals surface area (Å²) in [4.78, 5) is 20.4. The first kappa shape index (κ1) is 19.5. The van der Waals surface area contributed by atoms with E-state index < -0.39 is 0 Å². The summed E-state index contributed by atoms with van der Waals surface area (Å²) in [7, 11) is 0. The molecule has 5 heteroatoms. The Hall–Kier alpha value is -3.44. The number of nitrogens with one attached hydrogen (secondary N) is 3. The summed E-state index contributed by atoms with van der Waals surface area (Å²) in [5, 5.41) is 7.87. The van der Waals surface area contributed by atoms with Gasteiger partial charge in [-0.15, -0.1) is 0 Å². The Labute approximate surface area is 181 Å². The van der Waals surface area contributed by atoms with Gasteiger partial charge >= 0.3 is 0 Å². The van der Waals surface area contributed by atoms with Crippen molar-refractivity contribution >= 4 is 16.8 Å². The van der Waals surface area contributed by atoms with Crippen molar-refractivity contribution in [3.63, 3.8) is 0 Å². The summed E-state index contributed by atoms with van der Waals surface area (Å²) >= 11 is 0. The lowest BCUT2D eigenvalue weighted by atomic mass is 9.91. The van der Waals surface area contributed by atoms with Crippen LogP contribution in [0.2, 0.25) is 0 Å². The Morgan fingerprint density at radius 1 is 1.03 bits per heavy atom. The lowest BCUT2D eigenvalue weighted by molar-refractivity contribution is 0.0951. The van der Waals surface area contributed by atoms with Crippen molar-refractivity contribution in [2.75, 3.05) is 0 Å². The number of aryl methyl sites for hydroxylation is 1. The third-order valence-electron chi connectivity index (χ3n) is 6.04. The minimum Gasteiger partial charge on any atom is -0.357 e. The summed E-state index contributed by atoms with van der Waals surface area (Å²) in [6, 6.07) is 20.6. The molecule has 0 radical (unpaired) electrons. The van der Waals surface area contributed by atoms with Gasteiger partial charge in [0.05, 0.1) is 0 Å². The molecule has 0 aliphatic heterocycles. The number of hydrogen-bond acceptors (Lipinski definition) is 3. The van der Waals surface area contributed by atoms with Crippen molar-refractivity contribution in [3.05, 3.63) is 101 Å². The molecule has 2 heterocycles. The van der Waals surface area contributed by atoms with Crippen LogP contribution in [0, 0.1) is 0 Å². The van der Waals surface area contributed by atoms with Crippen LogP contribution in [0.4, 0.5) is 0 Å². The molecule has 31 heavy (non-hydrogen) atoms. The van der Waals surface area contributed by atoms with E-state index in [-0.39, 0.29) is 5.91 Å². The van der Waals surface area contributed by atoms with Crippen LogP contribution in [0.3, 0.4) is 0 Å². The van der Waals surface area contributed by atoms with Crippen molar-refractivity contribution in [1.82, 2.24) is 20.6 Å². The van der Waals surface area contributed by atoms with E-state index >= 15 is 0 Å². The molecule has 3 N–H and O–H groups in total. The average Bonchev–Trinajstić information content (AvgIpc) is 3.21. The number of fused-ring (bicyclic) bond motifs is 3. The lowest BCUT2D eigenvalue weighted by Crippen LogP contribution is -2.24. The van der Waals surface area contributed by atoms with E-state index in [1.807, 2.05) is 36.4 Å². The molecule has 5 rings (SSSR count). The van der Waals surface area contributed by atoms with Crippen LogP contribution in [-0.4, -0.2) is 15.9 Å². The van der Waals surface area contributed by atoms with Gasteiger partial charge in [-0.1, -0.05) is 36.4 Å². The van der Waals surface area contributed by atoms with Crippen LogP contribution < -0.4 is 10.6 Å². The Morgan fingerprint density at radius 2 is 1.90 bits per heavy atom. The Bertz CT molecular complexity index is 1180. The Morgan fingerprint density at radius 3 is 2.74 bits per heavy atom. The van der Waals surface area contributed by atoms with E-state index in [0.29, 0.717) is 18.2 Å². The monoisotopic (exact) mass is 410 g/mol. The van der Waals surface area contributed by atoms with E-state index in [1.165, 1.54) is 16.8 Å². The number of amides is 1. The first-order valence-corrected chi connectivity index (χ1v) is 10.9. The number of H-pyrrole nitrogens is 1. The lowest BCUT2D eigenvalue weighted by Gasteiger charge is -2.24. The van der Waals surface area contributed by atoms with Crippen molar-refractivity contribution in [1.29, 1.82) is 0 Å². The number of aromatic amines is 1. The van der Waals surface area contributed by atoms with Gasteiger partial charge in [0.1, 0.15) is 0 Å². The highest BCUT2D eigenvalue weighted by atomic mass is 16.1.